The van der Waals surface area contributed by atoms with Crippen molar-refractivity contribution >= 4 is 23.3 Å². The molecule has 7 nitrogen and oxygen atoms in total. The molecule has 8 heteroatoms. The number of H-pyrrole nitrogens is 1. The maximum atomic E-state index is 12.5. The number of aromatic amines is 1. The molecule has 0 spiro atoms. The minimum atomic E-state index is -0.670. The minimum absolute atomic E-state index is 0.0795. The molecule has 4 bridgehead atoms. The van der Waals surface area contributed by atoms with E-state index in [2.05, 4.69) is 15.5 Å². The molecule has 4 aliphatic carbocycles. The van der Waals surface area contributed by atoms with Crippen molar-refractivity contribution in [1.82, 2.24) is 15.5 Å². The Morgan fingerprint density at radius 1 is 1.27 bits per heavy atom. The third kappa shape index (κ3) is 2.10. The number of hydrogen-bond acceptors (Lipinski definition) is 4. The summed E-state index contributed by atoms with van der Waals surface area (Å²) in [5, 5.41) is 19.6. The highest BCUT2D eigenvalue weighted by Gasteiger charge is 2.51. The minimum Gasteiger partial charge on any atom is -0.358 e. The molecular weight excluding hydrogens is 308 g/mol. The fourth-order valence-electron chi connectivity index (χ4n) is 5.15. The number of aromatic nitrogens is 2. The van der Waals surface area contributed by atoms with E-state index in [4.69, 9.17) is 11.6 Å². The molecule has 1 aromatic rings. The van der Waals surface area contributed by atoms with Gasteiger partial charge in [-0.25, -0.2) is 0 Å². The average molecular weight is 325 g/mol. The number of amides is 1. The summed E-state index contributed by atoms with van der Waals surface area (Å²) in [5.74, 6) is 1.27. The van der Waals surface area contributed by atoms with Gasteiger partial charge in [0.25, 0.3) is 5.91 Å². The third-order valence-corrected chi connectivity index (χ3v) is 5.86. The summed E-state index contributed by atoms with van der Waals surface area (Å²) in [4.78, 5) is 22.6. The van der Waals surface area contributed by atoms with Crippen molar-refractivity contribution in [3.05, 3.63) is 20.8 Å². The Labute approximate surface area is 131 Å². The number of carbonyl (C=O) groups is 1. The molecule has 0 unspecified atom stereocenters. The van der Waals surface area contributed by atoms with E-state index in [0.29, 0.717) is 17.8 Å². The largest absolute Gasteiger partial charge is 0.362 e. The van der Waals surface area contributed by atoms with E-state index in [-0.39, 0.29) is 16.3 Å². The highest BCUT2D eigenvalue weighted by Crippen LogP contribution is 2.55. The van der Waals surface area contributed by atoms with E-state index >= 15 is 0 Å². The van der Waals surface area contributed by atoms with Gasteiger partial charge in [-0.15, -0.1) is 5.10 Å². The van der Waals surface area contributed by atoms with E-state index in [1.165, 1.54) is 19.3 Å². The van der Waals surface area contributed by atoms with Gasteiger partial charge in [-0.1, -0.05) is 16.7 Å². The van der Waals surface area contributed by atoms with Crippen LogP contribution in [0.4, 0.5) is 5.82 Å². The van der Waals surface area contributed by atoms with Gasteiger partial charge in [-0.05, 0) is 61.2 Å². The second-order valence-corrected chi connectivity index (χ2v) is 7.52. The Hall–Kier alpha value is -1.63. The van der Waals surface area contributed by atoms with Crippen LogP contribution in [0.1, 0.15) is 49.0 Å². The zero-order valence-corrected chi connectivity index (χ0v) is 12.7. The molecule has 0 aliphatic heterocycles. The standard InChI is InChI=1S/C14H17ClN4O3/c15-10-11(17-18-12(10)19(21)22)13(20)16-14-4-7-1-8(5-14)3-9(2-7)6-14/h7-9H,1-6H2,(H,16,20)(H,17,18). The molecule has 0 saturated heterocycles. The van der Waals surface area contributed by atoms with Crippen molar-refractivity contribution in [2.75, 3.05) is 0 Å². The second kappa shape index (κ2) is 4.68. The molecule has 0 radical (unpaired) electrons. The van der Waals surface area contributed by atoms with Crippen LogP contribution in [-0.4, -0.2) is 26.6 Å². The first-order chi connectivity index (χ1) is 10.5. The van der Waals surface area contributed by atoms with Crippen LogP contribution >= 0.6 is 11.6 Å². The van der Waals surface area contributed by atoms with Crippen LogP contribution in [0.5, 0.6) is 0 Å². The van der Waals surface area contributed by atoms with Gasteiger partial charge in [-0.2, -0.15) is 0 Å². The molecule has 2 N–H and O–H groups in total. The molecular formula is C14H17ClN4O3. The lowest BCUT2D eigenvalue weighted by molar-refractivity contribution is -0.389. The van der Waals surface area contributed by atoms with Crippen LogP contribution in [-0.2, 0) is 0 Å². The van der Waals surface area contributed by atoms with Crippen molar-refractivity contribution in [3.8, 4) is 0 Å². The normalized spacial score (nSPS) is 35.6. The van der Waals surface area contributed by atoms with Gasteiger partial charge in [0.2, 0.25) is 0 Å². The van der Waals surface area contributed by atoms with Gasteiger partial charge in [0.1, 0.15) is 0 Å². The third-order valence-electron chi connectivity index (χ3n) is 5.50. The van der Waals surface area contributed by atoms with Crippen molar-refractivity contribution < 1.29 is 9.72 Å². The molecule has 5 rings (SSSR count). The molecule has 0 aromatic carbocycles. The van der Waals surface area contributed by atoms with E-state index < -0.39 is 16.6 Å². The number of rotatable bonds is 3. The molecule has 118 valence electrons. The highest BCUT2D eigenvalue weighted by molar-refractivity contribution is 6.35. The van der Waals surface area contributed by atoms with Gasteiger partial charge >= 0.3 is 5.82 Å². The molecule has 0 atom stereocenters. The molecule has 4 saturated carbocycles. The summed E-state index contributed by atoms with van der Waals surface area (Å²) in [5.41, 5.74) is -0.243. The van der Waals surface area contributed by atoms with Gasteiger partial charge in [0, 0.05) is 5.54 Å². The van der Waals surface area contributed by atoms with Crippen molar-refractivity contribution in [1.29, 1.82) is 0 Å². The summed E-state index contributed by atoms with van der Waals surface area (Å²) >= 11 is 5.90. The Bertz CT molecular complexity index is 621. The van der Waals surface area contributed by atoms with E-state index in [1.807, 2.05) is 0 Å². The first-order valence-corrected chi connectivity index (χ1v) is 8.04. The van der Waals surface area contributed by atoms with E-state index in [0.717, 1.165) is 19.3 Å². The van der Waals surface area contributed by atoms with Gasteiger partial charge < -0.3 is 15.4 Å². The predicted molar refractivity (Wildman–Crippen MR) is 78.6 cm³/mol. The fourth-order valence-corrected chi connectivity index (χ4v) is 5.39. The predicted octanol–water partition coefficient (Wildman–Crippen LogP) is 2.67. The number of nitro groups is 1. The number of carbonyl (C=O) groups excluding carboxylic acids is 1. The molecule has 1 amide bonds. The highest BCUT2D eigenvalue weighted by atomic mass is 35.5. The van der Waals surface area contributed by atoms with Crippen LogP contribution in [0.15, 0.2) is 0 Å². The lowest BCUT2D eigenvalue weighted by atomic mass is 9.53. The zero-order chi connectivity index (χ0) is 15.5. The Morgan fingerprint density at radius 2 is 1.82 bits per heavy atom. The summed E-state index contributed by atoms with van der Waals surface area (Å²) in [6.07, 6.45) is 6.87. The van der Waals surface area contributed by atoms with Crippen molar-refractivity contribution in [3.63, 3.8) is 0 Å². The van der Waals surface area contributed by atoms with Gasteiger partial charge in [0.05, 0.1) is 0 Å². The summed E-state index contributed by atoms with van der Waals surface area (Å²) < 4.78 is 0. The van der Waals surface area contributed by atoms with Crippen molar-refractivity contribution in [2.24, 2.45) is 17.8 Å². The summed E-state index contributed by atoms with van der Waals surface area (Å²) in [7, 11) is 0. The summed E-state index contributed by atoms with van der Waals surface area (Å²) in [6.45, 7) is 0. The molecule has 1 heterocycles. The maximum absolute atomic E-state index is 12.5. The van der Waals surface area contributed by atoms with E-state index in [9.17, 15) is 14.9 Å². The van der Waals surface area contributed by atoms with Crippen LogP contribution in [0.2, 0.25) is 5.02 Å². The SMILES string of the molecule is O=C(NC12CC3CC(CC(C3)C1)C2)c1n[nH]c([N+](=O)[O-])c1Cl. The summed E-state index contributed by atoms with van der Waals surface area (Å²) in [6, 6.07) is 0. The Kier molecular flexibility index (Phi) is 2.98. The first-order valence-electron chi connectivity index (χ1n) is 7.66. The van der Waals surface area contributed by atoms with Crippen LogP contribution in [0.3, 0.4) is 0 Å². The van der Waals surface area contributed by atoms with Gasteiger partial charge in [-0.3, -0.25) is 4.79 Å². The molecule has 4 fully saturated rings. The first kappa shape index (κ1) is 14.0. The second-order valence-electron chi connectivity index (χ2n) is 7.14. The number of nitrogens with one attached hydrogen (secondary N) is 2. The van der Waals surface area contributed by atoms with E-state index in [1.54, 1.807) is 0 Å². The van der Waals surface area contributed by atoms with Gasteiger partial charge in [0.15, 0.2) is 10.7 Å². The monoisotopic (exact) mass is 324 g/mol. The number of halogens is 1. The molecule has 22 heavy (non-hydrogen) atoms. The Balaban J connectivity index is 1.56. The average Bonchev–Trinajstić information content (AvgIpc) is 2.78. The van der Waals surface area contributed by atoms with Crippen LogP contribution in [0.25, 0.3) is 0 Å². The molecule has 4 aliphatic rings. The Morgan fingerprint density at radius 3 is 2.27 bits per heavy atom. The maximum Gasteiger partial charge on any atom is 0.362 e. The lowest BCUT2D eigenvalue weighted by Gasteiger charge is -2.56. The lowest BCUT2D eigenvalue weighted by Crippen LogP contribution is -2.59. The van der Waals surface area contributed by atoms with Crippen LogP contribution < -0.4 is 5.32 Å². The van der Waals surface area contributed by atoms with Crippen LogP contribution in [0, 0.1) is 27.9 Å². The topological polar surface area (TPSA) is 101 Å². The fraction of sp³-hybridized carbons (Fsp3) is 0.714. The number of nitrogens with zero attached hydrogens (tertiary/aromatic N) is 2. The molecule has 1 aromatic heterocycles. The smallest absolute Gasteiger partial charge is 0.358 e. The quantitative estimate of drug-likeness (QED) is 0.659. The van der Waals surface area contributed by atoms with Crippen molar-refractivity contribution in [2.45, 2.75) is 44.1 Å². The zero-order valence-electron chi connectivity index (χ0n) is 12.0. The number of hydrogen-bond donors (Lipinski definition) is 2.